The fourth-order valence-corrected chi connectivity index (χ4v) is 2.58. The third-order valence-corrected chi connectivity index (χ3v) is 4.36. The van der Waals surface area contributed by atoms with E-state index < -0.39 is 27.3 Å². The van der Waals surface area contributed by atoms with Crippen molar-refractivity contribution in [2.45, 2.75) is 5.51 Å². The normalized spacial score (nSPS) is 12.9. The summed E-state index contributed by atoms with van der Waals surface area (Å²) in [5, 5.41) is 0. The summed E-state index contributed by atoms with van der Waals surface area (Å²) in [7, 11) is -5.93. The highest BCUT2D eigenvalue weighted by Gasteiger charge is 2.49. The highest BCUT2D eigenvalue weighted by atomic mass is 79.9. The number of imidazole rings is 1. The van der Waals surface area contributed by atoms with Crippen molar-refractivity contribution in [3.8, 4) is 5.88 Å². The molecule has 0 aliphatic heterocycles. The second-order valence-electron chi connectivity index (χ2n) is 4.28. The van der Waals surface area contributed by atoms with Gasteiger partial charge in [0.25, 0.3) is 5.88 Å². The Labute approximate surface area is 134 Å². The molecule has 1 aromatic carbocycles. The number of hydrogen-bond donors (Lipinski definition) is 0. The van der Waals surface area contributed by atoms with Crippen LogP contribution in [0.15, 0.2) is 29.0 Å². The average Bonchev–Trinajstić information content (AvgIpc) is 2.89. The average molecular weight is 414 g/mol. The molecular weight excluding hydrogens is 410 g/mol. The quantitative estimate of drug-likeness (QED) is 0.366. The van der Waals surface area contributed by atoms with Gasteiger partial charge in [0.15, 0.2) is 0 Å². The van der Waals surface area contributed by atoms with Crippen LogP contribution in [-0.4, -0.2) is 28.3 Å². The van der Waals surface area contributed by atoms with E-state index in [-0.39, 0.29) is 15.6 Å². The summed E-state index contributed by atoms with van der Waals surface area (Å²) in [6, 6.07) is 2.25. The molecule has 0 atom stereocenters. The Hall–Kier alpha value is -1.95. The van der Waals surface area contributed by atoms with Gasteiger partial charge in [0.2, 0.25) is 5.65 Å². The molecule has 0 spiro atoms. The number of hydrogen-bond acceptors (Lipinski definition) is 5. The van der Waals surface area contributed by atoms with E-state index in [4.69, 9.17) is 0 Å². The van der Waals surface area contributed by atoms with Crippen molar-refractivity contribution >= 4 is 42.7 Å². The monoisotopic (exact) mass is 413 g/mol. The first kappa shape index (κ1) is 15.9. The fourth-order valence-electron chi connectivity index (χ4n) is 1.83. The van der Waals surface area contributed by atoms with Crippen molar-refractivity contribution in [2.75, 3.05) is 0 Å². The van der Waals surface area contributed by atoms with E-state index in [2.05, 4.69) is 30.1 Å². The van der Waals surface area contributed by atoms with E-state index in [1.165, 1.54) is 22.9 Å². The lowest BCUT2D eigenvalue weighted by Crippen LogP contribution is -2.28. The van der Waals surface area contributed by atoms with Crippen LogP contribution in [0.4, 0.5) is 17.6 Å². The Bertz CT molecular complexity index is 1030. The summed E-state index contributed by atoms with van der Waals surface area (Å²) in [6.07, 6.45) is 2.55. The van der Waals surface area contributed by atoms with Crippen molar-refractivity contribution < 1.29 is 30.2 Å². The largest absolute Gasteiger partial charge is 0.534 e. The molecule has 0 saturated heterocycles. The fraction of sp³-hybridized carbons (Fsp3) is 0.0909. The molecule has 0 aliphatic rings. The molecule has 3 aromatic rings. The van der Waals surface area contributed by atoms with Gasteiger partial charge in [-0.15, -0.1) is 0 Å². The first-order chi connectivity index (χ1) is 10.6. The van der Waals surface area contributed by atoms with Gasteiger partial charge in [0.05, 0.1) is 15.5 Å². The smallest absolute Gasteiger partial charge is 0.351 e. The number of aromatic nitrogens is 3. The molecule has 2 heterocycles. The van der Waals surface area contributed by atoms with Gasteiger partial charge in [0, 0.05) is 18.5 Å². The van der Waals surface area contributed by atoms with Crippen LogP contribution in [0.2, 0.25) is 0 Å². The van der Waals surface area contributed by atoms with Gasteiger partial charge in [0.1, 0.15) is 5.82 Å². The van der Waals surface area contributed by atoms with Gasteiger partial charge in [-0.3, -0.25) is 4.40 Å². The summed E-state index contributed by atoms with van der Waals surface area (Å²) in [6.45, 7) is 0. The molecule has 0 fully saturated rings. The molecule has 0 radical (unpaired) electrons. The highest BCUT2D eigenvalue weighted by Crippen LogP contribution is 2.31. The zero-order valence-electron chi connectivity index (χ0n) is 10.7. The molecule has 12 heteroatoms. The van der Waals surface area contributed by atoms with E-state index in [1.54, 1.807) is 0 Å². The number of alkyl halides is 3. The first-order valence-electron chi connectivity index (χ1n) is 5.73. The maximum absolute atomic E-state index is 13.6. The van der Waals surface area contributed by atoms with Crippen LogP contribution in [0.5, 0.6) is 5.88 Å². The molecule has 0 amide bonds. The Balaban J connectivity index is 2.29. The molecule has 2 aromatic heterocycles. The number of benzene rings is 1. The summed E-state index contributed by atoms with van der Waals surface area (Å²) < 4.78 is 78.5. The lowest BCUT2D eigenvalue weighted by molar-refractivity contribution is -0.0500. The second kappa shape index (κ2) is 5.03. The minimum atomic E-state index is -5.93. The Morgan fingerprint density at radius 1 is 1.26 bits per heavy atom. The van der Waals surface area contributed by atoms with E-state index >= 15 is 0 Å². The molecule has 0 unspecified atom stereocenters. The molecule has 23 heavy (non-hydrogen) atoms. The maximum atomic E-state index is 13.6. The van der Waals surface area contributed by atoms with Crippen LogP contribution >= 0.6 is 15.9 Å². The molecule has 122 valence electrons. The minimum Gasteiger partial charge on any atom is -0.351 e. The van der Waals surface area contributed by atoms with Gasteiger partial charge in [-0.1, -0.05) is 0 Å². The van der Waals surface area contributed by atoms with E-state index in [0.717, 1.165) is 6.07 Å². The van der Waals surface area contributed by atoms with Crippen LogP contribution in [0.25, 0.3) is 16.7 Å². The third kappa shape index (κ3) is 2.61. The number of rotatable bonds is 2. The standard InChI is InChI=1S/C11H4BrF4N3O3S/c12-5-3-8-7(4-6(5)13)18-10(9-17-1-2-19(8)9)22-23(20,21)11(14,15)16/h1-4H. The lowest BCUT2D eigenvalue weighted by Gasteiger charge is -2.11. The molecule has 0 N–H and O–H groups in total. The zero-order valence-corrected chi connectivity index (χ0v) is 13.1. The summed E-state index contributed by atoms with van der Waals surface area (Å²) >= 11 is 2.97. The van der Waals surface area contributed by atoms with Crippen LogP contribution in [0.1, 0.15) is 0 Å². The van der Waals surface area contributed by atoms with Crippen LogP contribution < -0.4 is 4.18 Å². The summed E-state index contributed by atoms with van der Waals surface area (Å²) in [5.41, 5.74) is -5.70. The zero-order chi connectivity index (χ0) is 17.0. The van der Waals surface area contributed by atoms with Crippen molar-refractivity contribution in [3.05, 3.63) is 34.8 Å². The number of fused-ring (bicyclic) bond motifs is 3. The van der Waals surface area contributed by atoms with Gasteiger partial charge < -0.3 is 4.18 Å². The molecule has 0 bridgehead atoms. The predicted molar refractivity (Wildman–Crippen MR) is 73.8 cm³/mol. The van der Waals surface area contributed by atoms with Gasteiger partial charge >= 0.3 is 15.6 Å². The Morgan fingerprint density at radius 3 is 2.61 bits per heavy atom. The van der Waals surface area contributed by atoms with Crippen molar-refractivity contribution in [1.29, 1.82) is 0 Å². The highest BCUT2D eigenvalue weighted by molar-refractivity contribution is 9.10. The molecule has 0 saturated carbocycles. The molecular formula is C11H4BrF4N3O3S. The van der Waals surface area contributed by atoms with Crippen molar-refractivity contribution in [2.24, 2.45) is 0 Å². The van der Waals surface area contributed by atoms with Gasteiger partial charge in [-0.25, -0.2) is 14.4 Å². The predicted octanol–water partition coefficient (Wildman–Crippen LogP) is 3.01. The summed E-state index contributed by atoms with van der Waals surface area (Å²) in [5.74, 6) is -1.63. The number of nitrogens with zero attached hydrogens (tertiary/aromatic N) is 3. The van der Waals surface area contributed by atoms with Crippen LogP contribution in [-0.2, 0) is 10.1 Å². The Morgan fingerprint density at radius 2 is 1.96 bits per heavy atom. The van der Waals surface area contributed by atoms with E-state index in [1.807, 2.05) is 0 Å². The molecule has 3 rings (SSSR count). The molecule has 0 aliphatic carbocycles. The van der Waals surface area contributed by atoms with Gasteiger partial charge in [-0.05, 0) is 22.0 Å². The lowest BCUT2D eigenvalue weighted by atomic mass is 10.3. The second-order valence-corrected chi connectivity index (χ2v) is 6.67. The van der Waals surface area contributed by atoms with Crippen LogP contribution in [0.3, 0.4) is 0 Å². The van der Waals surface area contributed by atoms with Crippen molar-refractivity contribution in [1.82, 2.24) is 14.4 Å². The number of halogens is 5. The third-order valence-electron chi connectivity index (χ3n) is 2.80. The van der Waals surface area contributed by atoms with Gasteiger partial charge in [-0.2, -0.15) is 21.6 Å². The first-order valence-corrected chi connectivity index (χ1v) is 7.93. The van der Waals surface area contributed by atoms with Crippen molar-refractivity contribution in [3.63, 3.8) is 0 Å². The maximum Gasteiger partial charge on any atom is 0.534 e. The SMILES string of the molecule is O=S(=O)(Oc1nc2cc(F)c(Br)cc2n2ccnc12)C(F)(F)F. The topological polar surface area (TPSA) is 73.6 Å². The Kier molecular flexibility index (Phi) is 3.48. The van der Waals surface area contributed by atoms with E-state index in [9.17, 15) is 26.0 Å². The summed E-state index contributed by atoms with van der Waals surface area (Å²) in [4.78, 5) is 7.35. The van der Waals surface area contributed by atoms with Crippen LogP contribution in [0, 0.1) is 5.82 Å². The molecule has 6 nitrogen and oxygen atoms in total. The minimum absolute atomic E-state index is 0.0957. The van der Waals surface area contributed by atoms with E-state index in [0.29, 0.717) is 5.52 Å².